The summed E-state index contributed by atoms with van der Waals surface area (Å²) in [7, 11) is 1.39. The standard InChI is InChI=1S/C25H37NO4.C24H34O5.C23H32O5.C2H7N/c1-2-26-25(30)13-9-4-3-8-12-21-22(24(29)18-23(21)28)17-16-20(27)15-14-19-10-6-5-7-11-19;1-29-24(28)12-8-3-2-7-11-20-21(23(27)17-22(20)26)16-15-19(25)14-13-18-9-5-4-6-10-18;24-18(13-12-17-8-4-3-5-9-17)14-15-20-19(21(25)16-22(20)26)10-6-1-2-7-11-23(27)28;1-2-3/h3,5-8,10-11,16-17,20-24,27-29H,2,4,9,12-15,18H2,1H3,(H,26,30);2,4-7,9-10,15-16,19-23,25-27H,3,8,11-14,17H2,1H3;1,3-6,8-9,14-15,18-22,24-26H,2,7,10-13,16H2,(H,27,28);2-3H2,1H3/b8-3-,17-16+;7-2-,16-15+;6-1-,15-14+;/t20-,21+,22+,23-,24+;19-,20+,21+,22-,23+;18-,19+,20+,21-,22+;/m000./s1. The Kier molecular flexibility index (Phi) is 41.0. The Morgan fingerprint density at radius 2 is 0.811 bits per heavy atom. The van der Waals surface area contributed by atoms with Crippen molar-refractivity contribution in [2.45, 2.75) is 204 Å². The van der Waals surface area contributed by atoms with E-state index in [-0.39, 0.29) is 53.8 Å². The van der Waals surface area contributed by atoms with Gasteiger partial charge in [0.05, 0.1) is 62.0 Å². The number of hydrogen-bond acceptors (Lipinski definition) is 14. The van der Waals surface area contributed by atoms with Gasteiger partial charge in [0.2, 0.25) is 5.91 Å². The minimum Gasteiger partial charge on any atom is -0.481 e. The van der Waals surface area contributed by atoms with Crippen LogP contribution in [-0.4, -0.2) is 144 Å². The van der Waals surface area contributed by atoms with E-state index >= 15 is 0 Å². The molecule has 6 rings (SSSR count). The third-order valence-electron chi connectivity index (χ3n) is 16.7. The summed E-state index contributed by atoms with van der Waals surface area (Å²) < 4.78 is 4.61. The number of hydrogen-bond donors (Lipinski definition) is 12. The van der Waals surface area contributed by atoms with E-state index in [0.717, 1.165) is 51.5 Å². The predicted octanol–water partition coefficient (Wildman–Crippen LogP) is 9.39. The van der Waals surface area contributed by atoms with Crippen molar-refractivity contribution in [3.05, 3.63) is 181 Å². The monoisotopic (exact) mass is 1250 g/mol. The fourth-order valence-corrected chi connectivity index (χ4v) is 11.7. The molecule has 0 aliphatic heterocycles. The lowest BCUT2D eigenvalue weighted by atomic mass is 9.89. The lowest BCUT2D eigenvalue weighted by Crippen LogP contribution is -2.21. The zero-order valence-electron chi connectivity index (χ0n) is 53.7. The molecule has 16 nitrogen and oxygen atoms in total. The van der Waals surface area contributed by atoms with E-state index in [9.17, 15) is 60.3 Å². The number of nitrogens with one attached hydrogen (secondary N) is 1. The number of aliphatic hydroxyl groups is 9. The van der Waals surface area contributed by atoms with Gasteiger partial charge in [0, 0.05) is 62.8 Å². The van der Waals surface area contributed by atoms with E-state index in [4.69, 9.17) is 10.8 Å². The number of amides is 1. The van der Waals surface area contributed by atoms with Gasteiger partial charge in [-0.25, -0.2) is 0 Å². The number of carboxylic acids is 1. The molecule has 15 atom stereocenters. The van der Waals surface area contributed by atoms with Crippen LogP contribution in [0, 0.1) is 35.5 Å². The quantitative estimate of drug-likeness (QED) is 0.0151. The maximum atomic E-state index is 11.4. The largest absolute Gasteiger partial charge is 0.481 e. The summed E-state index contributed by atoms with van der Waals surface area (Å²) in [4.78, 5) is 33.0. The van der Waals surface area contributed by atoms with Crippen LogP contribution < -0.4 is 11.1 Å². The van der Waals surface area contributed by atoms with E-state index in [1.807, 2.05) is 160 Å². The highest BCUT2D eigenvalue weighted by Gasteiger charge is 2.41. The number of esters is 1. The van der Waals surface area contributed by atoms with Gasteiger partial charge in [0.25, 0.3) is 0 Å². The van der Waals surface area contributed by atoms with Crippen LogP contribution in [0.25, 0.3) is 0 Å². The number of allylic oxidation sites excluding steroid dienone is 6. The molecule has 0 unspecified atom stereocenters. The first-order valence-corrected chi connectivity index (χ1v) is 32.9. The molecule has 0 spiro atoms. The normalized spacial score (nSPS) is 25.0. The molecule has 3 aliphatic rings. The summed E-state index contributed by atoms with van der Waals surface area (Å²) in [5.74, 6) is -1.66. The summed E-state index contributed by atoms with van der Waals surface area (Å²) in [5.41, 5.74) is 8.40. The van der Waals surface area contributed by atoms with Crippen LogP contribution in [0.15, 0.2) is 164 Å². The number of unbranched alkanes of at least 4 members (excludes halogenated alkanes) is 3. The van der Waals surface area contributed by atoms with E-state index in [1.165, 1.54) is 23.8 Å². The highest BCUT2D eigenvalue weighted by atomic mass is 16.5. The average molecular weight is 1250 g/mol. The number of carbonyl (C=O) groups is 3. The molecule has 3 aromatic carbocycles. The second-order valence-electron chi connectivity index (χ2n) is 23.9. The number of aryl methyl sites for hydroxylation is 3. The maximum Gasteiger partial charge on any atom is 0.305 e. The molecule has 3 aromatic rings. The molecular formula is C74H110N2O14. The molecular weight excluding hydrogens is 1140 g/mol. The molecule has 0 aromatic heterocycles. The van der Waals surface area contributed by atoms with Gasteiger partial charge in [0.15, 0.2) is 0 Å². The zero-order valence-corrected chi connectivity index (χ0v) is 53.7. The molecule has 500 valence electrons. The molecule has 3 aliphatic carbocycles. The summed E-state index contributed by atoms with van der Waals surface area (Å²) in [6, 6.07) is 30.1. The Balaban J connectivity index is 0.000000345. The second kappa shape index (κ2) is 47.1. The molecule has 16 heteroatoms. The Morgan fingerprint density at radius 3 is 1.11 bits per heavy atom. The van der Waals surface area contributed by atoms with Crippen LogP contribution in [0.2, 0.25) is 0 Å². The molecule has 3 fully saturated rings. The van der Waals surface area contributed by atoms with Gasteiger partial charge in [-0.05, 0) is 144 Å². The summed E-state index contributed by atoms with van der Waals surface area (Å²) >= 11 is 0. The van der Waals surface area contributed by atoms with Crippen molar-refractivity contribution in [3.8, 4) is 0 Å². The number of aliphatic hydroxyl groups excluding tert-OH is 9. The van der Waals surface area contributed by atoms with Gasteiger partial charge < -0.3 is 66.9 Å². The lowest BCUT2D eigenvalue weighted by Gasteiger charge is -2.19. The molecule has 3 saturated carbocycles. The fourth-order valence-electron chi connectivity index (χ4n) is 11.7. The SMILES string of the molecule is CCN.CCNC(=O)CCC/C=C\C[C@@H]1[C@@H](/C=C/[C@@H](O)CCc2ccccc2)[C@H](O)C[C@@H]1O.COC(=O)CCC/C=C\C[C@@H]1[C@@H](/C=C/[C@@H](O)CCc2ccccc2)[C@H](O)C[C@@H]1O.O=C(O)CCC/C=C\C[C@@H]1[C@@H](/C=C/[C@@H](O)CCc2ccccc2)[C@H](O)C[C@@H]1O. The van der Waals surface area contributed by atoms with Crippen molar-refractivity contribution in [2.24, 2.45) is 41.2 Å². The third-order valence-corrected chi connectivity index (χ3v) is 16.7. The van der Waals surface area contributed by atoms with Crippen molar-refractivity contribution in [2.75, 3.05) is 20.2 Å². The van der Waals surface area contributed by atoms with Crippen molar-refractivity contribution < 1.29 is 70.2 Å². The molecule has 1 amide bonds. The minimum absolute atomic E-state index is 0.0581. The van der Waals surface area contributed by atoms with Crippen LogP contribution in [0.4, 0.5) is 0 Å². The van der Waals surface area contributed by atoms with Crippen LogP contribution in [-0.2, 0) is 38.4 Å². The van der Waals surface area contributed by atoms with Gasteiger partial charge in [-0.3, -0.25) is 14.4 Å². The number of ether oxygens (including phenoxy) is 1. The number of carbonyl (C=O) groups excluding carboxylic acids is 2. The fraction of sp³-hybridized carbons (Fsp3) is 0.554. The van der Waals surface area contributed by atoms with Crippen molar-refractivity contribution >= 4 is 17.8 Å². The van der Waals surface area contributed by atoms with Gasteiger partial charge in [-0.15, -0.1) is 0 Å². The summed E-state index contributed by atoms with van der Waals surface area (Å²) in [6.07, 6.45) is 30.4. The predicted molar refractivity (Wildman–Crippen MR) is 356 cm³/mol. The number of nitrogens with two attached hydrogens (primary N) is 1. The first-order valence-electron chi connectivity index (χ1n) is 32.9. The highest BCUT2D eigenvalue weighted by molar-refractivity contribution is 5.75. The van der Waals surface area contributed by atoms with Crippen LogP contribution >= 0.6 is 0 Å². The molecule has 0 radical (unpaired) electrons. The molecule has 90 heavy (non-hydrogen) atoms. The van der Waals surface area contributed by atoms with Crippen LogP contribution in [0.1, 0.15) is 146 Å². The highest BCUT2D eigenvalue weighted by Crippen LogP contribution is 2.39. The maximum absolute atomic E-state index is 11.4. The molecule has 0 heterocycles. The number of rotatable bonds is 34. The Hall–Kier alpha value is -5.89. The average Bonchev–Trinajstić information content (AvgIpc) is 4.30. The van der Waals surface area contributed by atoms with Crippen molar-refractivity contribution in [3.63, 3.8) is 0 Å². The smallest absolute Gasteiger partial charge is 0.305 e. The van der Waals surface area contributed by atoms with Crippen LogP contribution in [0.3, 0.4) is 0 Å². The van der Waals surface area contributed by atoms with Gasteiger partial charge in [-0.1, -0.05) is 171 Å². The molecule has 0 bridgehead atoms. The number of aliphatic carboxylic acids is 1. The van der Waals surface area contributed by atoms with Gasteiger partial charge >= 0.3 is 11.9 Å². The number of benzene rings is 3. The van der Waals surface area contributed by atoms with Gasteiger partial charge in [-0.2, -0.15) is 0 Å². The Morgan fingerprint density at radius 1 is 0.500 bits per heavy atom. The number of methoxy groups -OCH3 is 1. The lowest BCUT2D eigenvalue weighted by molar-refractivity contribution is -0.140. The van der Waals surface area contributed by atoms with Gasteiger partial charge in [0.1, 0.15) is 0 Å². The summed E-state index contributed by atoms with van der Waals surface area (Å²) in [5, 5.41) is 104. The van der Waals surface area contributed by atoms with Crippen molar-refractivity contribution in [1.82, 2.24) is 5.32 Å². The van der Waals surface area contributed by atoms with E-state index < -0.39 is 60.9 Å². The third kappa shape index (κ3) is 32.9. The Labute approximate surface area is 536 Å². The molecule has 13 N–H and O–H groups in total. The topological polar surface area (TPSA) is 301 Å². The van der Waals surface area contributed by atoms with E-state index in [0.29, 0.717) is 90.0 Å². The minimum atomic E-state index is -0.793. The Bertz CT molecular complexity index is 2540. The van der Waals surface area contributed by atoms with E-state index in [2.05, 4.69) is 10.1 Å². The number of carboxylic acid groups (broad SMARTS) is 1. The van der Waals surface area contributed by atoms with Crippen LogP contribution in [0.5, 0.6) is 0 Å². The summed E-state index contributed by atoms with van der Waals surface area (Å²) in [6.45, 7) is 5.22. The van der Waals surface area contributed by atoms with E-state index in [1.54, 1.807) is 18.2 Å². The molecule has 0 saturated heterocycles. The first-order chi connectivity index (χ1) is 43.4. The first kappa shape index (κ1) is 78.4. The second-order valence-corrected chi connectivity index (χ2v) is 23.9. The van der Waals surface area contributed by atoms with Crippen molar-refractivity contribution in [1.29, 1.82) is 0 Å². The zero-order chi connectivity index (χ0) is 65.9.